The predicted molar refractivity (Wildman–Crippen MR) is 103 cm³/mol. The molecule has 1 saturated heterocycles. The first-order valence-electron chi connectivity index (χ1n) is 8.34. The number of hydrogen-bond donors (Lipinski definition) is 1. The molecule has 0 spiro atoms. The molecule has 25 heavy (non-hydrogen) atoms. The molecule has 1 aliphatic rings. The molecule has 2 aromatic carbocycles. The van der Waals surface area contributed by atoms with Crippen LogP contribution in [0.1, 0.15) is 19.3 Å². The van der Waals surface area contributed by atoms with E-state index in [-0.39, 0.29) is 12.5 Å². The summed E-state index contributed by atoms with van der Waals surface area (Å²) in [5.41, 5.74) is 1.94. The van der Waals surface area contributed by atoms with Crippen LogP contribution in [-0.2, 0) is 4.79 Å². The van der Waals surface area contributed by atoms with E-state index in [4.69, 9.17) is 27.9 Å². The van der Waals surface area contributed by atoms with Crippen LogP contribution in [0.5, 0.6) is 5.75 Å². The van der Waals surface area contributed by atoms with Crippen LogP contribution in [-0.4, -0.2) is 25.6 Å². The van der Waals surface area contributed by atoms with Crippen molar-refractivity contribution in [3.8, 4) is 5.75 Å². The fourth-order valence-corrected chi connectivity index (χ4v) is 3.17. The molecular weight excluding hydrogens is 359 g/mol. The monoisotopic (exact) mass is 378 g/mol. The second-order valence-corrected chi connectivity index (χ2v) is 6.85. The van der Waals surface area contributed by atoms with E-state index in [9.17, 15) is 4.79 Å². The second kappa shape index (κ2) is 8.45. The number of hydrogen-bond acceptors (Lipinski definition) is 3. The number of halogens is 2. The lowest BCUT2D eigenvalue weighted by atomic mass is 10.1. The number of piperidine rings is 1. The summed E-state index contributed by atoms with van der Waals surface area (Å²) in [5.74, 6) is 0.145. The van der Waals surface area contributed by atoms with Gasteiger partial charge in [0.15, 0.2) is 6.61 Å². The Bertz CT molecular complexity index is 729. The lowest BCUT2D eigenvalue weighted by Crippen LogP contribution is -2.29. The van der Waals surface area contributed by atoms with Crippen LogP contribution in [0.2, 0.25) is 10.0 Å². The highest BCUT2D eigenvalue weighted by Gasteiger charge is 2.11. The van der Waals surface area contributed by atoms with Gasteiger partial charge in [-0.05, 0) is 55.7 Å². The molecule has 1 fully saturated rings. The van der Waals surface area contributed by atoms with Crippen LogP contribution < -0.4 is 15.0 Å². The lowest BCUT2D eigenvalue weighted by Gasteiger charge is -2.28. The zero-order valence-electron chi connectivity index (χ0n) is 13.8. The number of ether oxygens (including phenoxy) is 1. The van der Waals surface area contributed by atoms with Crippen LogP contribution in [0, 0.1) is 0 Å². The summed E-state index contributed by atoms with van der Waals surface area (Å²) in [4.78, 5) is 14.4. The van der Waals surface area contributed by atoms with Crippen LogP contribution in [0.25, 0.3) is 0 Å². The number of nitrogens with zero attached hydrogens (tertiary/aromatic N) is 1. The van der Waals surface area contributed by atoms with Crippen molar-refractivity contribution in [2.75, 3.05) is 29.9 Å². The van der Waals surface area contributed by atoms with Gasteiger partial charge in [0.25, 0.3) is 5.91 Å². The van der Waals surface area contributed by atoms with Crippen molar-refractivity contribution in [3.05, 3.63) is 52.5 Å². The number of nitrogens with one attached hydrogen (secondary N) is 1. The molecule has 6 heteroatoms. The van der Waals surface area contributed by atoms with Gasteiger partial charge >= 0.3 is 0 Å². The Labute approximate surface area is 157 Å². The Balaban J connectivity index is 1.53. The minimum atomic E-state index is -0.248. The lowest BCUT2D eigenvalue weighted by molar-refractivity contribution is -0.118. The molecule has 0 atom stereocenters. The Kier molecular flexibility index (Phi) is 6.05. The molecule has 0 saturated carbocycles. The highest BCUT2D eigenvalue weighted by molar-refractivity contribution is 6.34. The SMILES string of the molecule is O=C(COc1cc(Cl)ccc1Cl)Nc1ccc(N2CCCCC2)cc1. The molecule has 1 aliphatic heterocycles. The van der Waals surface area contributed by atoms with Crippen LogP contribution in [0.4, 0.5) is 11.4 Å². The molecule has 3 rings (SSSR count). The summed E-state index contributed by atoms with van der Waals surface area (Å²) >= 11 is 11.9. The van der Waals surface area contributed by atoms with Gasteiger partial charge < -0.3 is 15.0 Å². The number of anilines is 2. The van der Waals surface area contributed by atoms with Crippen LogP contribution in [0.3, 0.4) is 0 Å². The average molecular weight is 379 g/mol. The van der Waals surface area contributed by atoms with Crippen molar-refractivity contribution in [3.63, 3.8) is 0 Å². The molecular formula is C19H20Cl2N2O2. The van der Waals surface area contributed by atoms with E-state index in [2.05, 4.69) is 10.2 Å². The number of benzene rings is 2. The number of carbonyl (C=O) groups excluding carboxylic acids is 1. The Morgan fingerprint density at radius 3 is 2.48 bits per heavy atom. The van der Waals surface area contributed by atoms with E-state index >= 15 is 0 Å². The molecule has 0 bridgehead atoms. The van der Waals surface area contributed by atoms with Gasteiger partial charge in [-0.15, -0.1) is 0 Å². The van der Waals surface area contributed by atoms with Crippen molar-refractivity contribution in [1.29, 1.82) is 0 Å². The summed E-state index contributed by atoms with van der Waals surface area (Å²) in [5, 5.41) is 3.74. The zero-order valence-corrected chi connectivity index (χ0v) is 15.3. The first-order chi connectivity index (χ1) is 12.1. The first-order valence-corrected chi connectivity index (χ1v) is 9.10. The third-order valence-corrected chi connectivity index (χ3v) is 4.67. The normalized spacial score (nSPS) is 14.2. The summed E-state index contributed by atoms with van der Waals surface area (Å²) in [6.07, 6.45) is 3.78. The molecule has 1 heterocycles. The van der Waals surface area contributed by atoms with E-state index in [0.717, 1.165) is 18.8 Å². The van der Waals surface area contributed by atoms with Gasteiger partial charge in [-0.25, -0.2) is 0 Å². The van der Waals surface area contributed by atoms with Crippen molar-refractivity contribution in [2.45, 2.75) is 19.3 Å². The quantitative estimate of drug-likeness (QED) is 0.795. The van der Waals surface area contributed by atoms with Crippen LogP contribution >= 0.6 is 23.2 Å². The van der Waals surface area contributed by atoms with E-state index in [0.29, 0.717) is 15.8 Å². The molecule has 132 valence electrons. The highest BCUT2D eigenvalue weighted by Crippen LogP contribution is 2.27. The maximum Gasteiger partial charge on any atom is 0.262 e. The predicted octanol–water partition coefficient (Wildman–Crippen LogP) is 5.00. The molecule has 1 N–H and O–H groups in total. The third kappa shape index (κ3) is 5.03. The highest BCUT2D eigenvalue weighted by atomic mass is 35.5. The maximum atomic E-state index is 12.0. The molecule has 0 aliphatic carbocycles. The minimum absolute atomic E-state index is 0.131. The van der Waals surface area contributed by atoms with E-state index in [1.165, 1.54) is 24.9 Å². The maximum absolute atomic E-state index is 12.0. The number of carbonyl (C=O) groups is 1. The molecule has 2 aromatic rings. The van der Waals surface area contributed by atoms with Gasteiger partial charge in [0.1, 0.15) is 5.75 Å². The van der Waals surface area contributed by atoms with Gasteiger partial charge in [-0.2, -0.15) is 0 Å². The number of amides is 1. The average Bonchev–Trinajstić information content (AvgIpc) is 2.64. The number of rotatable bonds is 5. The summed E-state index contributed by atoms with van der Waals surface area (Å²) in [6, 6.07) is 12.8. The zero-order chi connectivity index (χ0) is 17.6. The van der Waals surface area contributed by atoms with Gasteiger partial charge in [0, 0.05) is 35.6 Å². The van der Waals surface area contributed by atoms with Crippen LogP contribution in [0.15, 0.2) is 42.5 Å². The van der Waals surface area contributed by atoms with Gasteiger partial charge in [0.05, 0.1) is 5.02 Å². The summed E-state index contributed by atoms with van der Waals surface area (Å²) in [6.45, 7) is 2.06. The Morgan fingerprint density at radius 1 is 1.04 bits per heavy atom. The summed E-state index contributed by atoms with van der Waals surface area (Å²) < 4.78 is 5.43. The van der Waals surface area contributed by atoms with Crippen molar-refractivity contribution >= 4 is 40.5 Å². The van der Waals surface area contributed by atoms with Crippen molar-refractivity contribution < 1.29 is 9.53 Å². The summed E-state index contributed by atoms with van der Waals surface area (Å²) in [7, 11) is 0. The second-order valence-electron chi connectivity index (χ2n) is 6.01. The van der Waals surface area contributed by atoms with Crippen molar-refractivity contribution in [2.24, 2.45) is 0 Å². The fraction of sp³-hybridized carbons (Fsp3) is 0.316. The standard InChI is InChI=1S/C19H20Cl2N2O2/c20-14-4-9-17(21)18(12-14)25-13-19(24)22-15-5-7-16(8-6-15)23-10-2-1-3-11-23/h4-9,12H,1-3,10-11,13H2,(H,22,24). The minimum Gasteiger partial charge on any atom is -0.482 e. The third-order valence-electron chi connectivity index (χ3n) is 4.12. The smallest absolute Gasteiger partial charge is 0.262 e. The van der Waals surface area contributed by atoms with E-state index in [1.54, 1.807) is 18.2 Å². The van der Waals surface area contributed by atoms with Gasteiger partial charge in [-0.3, -0.25) is 4.79 Å². The van der Waals surface area contributed by atoms with Gasteiger partial charge in [0.2, 0.25) is 0 Å². The first kappa shape index (κ1) is 17.9. The topological polar surface area (TPSA) is 41.6 Å². The Hall–Kier alpha value is -1.91. The van der Waals surface area contributed by atoms with Crippen molar-refractivity contribution in [1.82, 2.24) is 0 Å². The molecule has 0 unspecified atom stereocenters. The molecule has 1 amide bonds. The largest absolute Gasteiger partial charge is 0.482 e. The molecule has 0 radical (unpaired) electrons. The van der Waals surface area contributed by atoms with E-state index in [1.807, 2.05) is 24.3 Å². The Morgan fingerprint density at radius 2 is 1.76 bits per heavy atom. The molecule has 0 aromatic heterocycles. The fourth-order valence-electron chi connectivity index (χ4n) is 2.84. The van der Waals surface area contributed by atoms with Gasteiger partial charge in [-0.1, -0.05) is 23.2 Å². The molecule has 4 nitrogen and oxygen atoms in total. The van der Waals surface area contributed by atoms with E-state index < -0.39 is 0 Å².